The third kappa shape index (κ3) is 5.65. The molecule has 0 saturated heterocycles. The van der Waals surface area contributed by atoms with Crippen molar-refractivity contribution in [2.75, 3.05) is 12.4 Å². The minimum atomic E-state index is -0.189. The molecule has 0 radical (unpaired) electrons. The van der Waals surface area contributed by atoms with Gasteiger partial charge in [0.15, 0.2) is 11.5 Å². The number of ether oxygens (including phenoxy) is 2. The Kier molecular flexibility index (Phi) is 7.15. The van der Waals surface area contributed by atoms with Crippen LogP contribution in [0.4, 0.5) is 5.69 Å². The molecule has 30 heavy (non-hydrogen) atoms. The largest absolute Gasteiger partial charge is 0.493 e. The molecule has 1 amide bonds. The van der Waals surface area contributed by atoms with Gasteiger partial charge in [-0.15, -0.1) is 0 Å². The van der Waals surface area contributed by atoms with Crippen molar-refractivity contribution in [3.63, 3.8) is 0 Å². The van der Waals surface area contributed by atoms with Crippen molar-refractivity contribution in [2.24, 2.45) is 0 Å². The molecular weight excluding hydrogens is 398 g/mol. The van der Waals surface area contributed by atoms with E-state index in [1.54, 1.807) is 13.2 Å². The van der Waals surface area contributed by atoms with E-state index in [0.717, 1.165) is 27.9 Å². The van der Waals surface area contributed by atoms with Gasteiger partial charge in [-0.05, 0) is 72.5 Å². The molecule has 0 aliphatic heterocycles. The van der Waals surface area contributed by atoms with Gasteiger partial charge >= 0.3 is 0 Å². The average molecular weight is 422 g/mol. The number of hydrogen-bond acceptors (Lipinski definition) is 3. The summed E-state index contributed by atoms with van der Waals surface area (Å²) in [5.41, 5.74) is 4.85. The maximum atomic E-state index is 12.3. The van der Waals surface area contributed by atoms with E-state index in [1.807, 2.05) is 74.5 Å². The smallest absolute Gasteiger partial charge is 0.248 e. The summed E-state index contributed by atoms with van der Waals surface area (Å²) in [4.78, 5) is 12.3. The second-order valence-electron chi connectivity index (χ2n) is 6.90. The Morgan fingerprint density at radius 3 is 2.53 bits per heavy atom. The van der Waals surface area contributed by atoms with E-state index in [1.165, 1.54) is 6.08 Å². The van der Waals surface area contributed by atoms with Gasteiger partial charge in [0.25, 0.3) is 0 Å². The second kappa shape index (κ2) is 9.99. The summed E-state index contributed by atoms with van der Waals surface area (Å²) in [5, 5.41) is 3.60. The molecule has 0 heterocycles. The molecule has 154 valence electrons. The summed E-state index contributed by atoms with van der Waals surface area (Å²) in [5.74, 6) is 1.04. The van der Waals surface area contributed by atoms with E-state index >= 15 is 0 Å². The molecule has 1 N–H and O–H groups in total. The van der Waals surface area contributed by atoms with Crippen LogP contribution in [0.2, 0.25) is 5.02 Å². The van der Waals surface area contributed by atoms with Crippen LogP contribution in [0.15, 0.2) is 66.7 Å². The quantitative estimate of drug-likeness (QED) is 0.462. The van der Waals surface area contributed by atoms with Gasteiger partial charge in [-0.1, -0.05) is 41.9 Å². The number of aryl methyl sites for hydroxylation is 1. The topological polar surface area (TPSA) is 47.6 Å². The minimum Gasteiger partial charge on any atom is -0.493 e. The van der Waals surface area contributed by atoms with Crippen LogP contribution in [-0.2, 0) is 11.4 Å². The highest BCUT2D eigenvalue weighted by molar-refractivity contribution is 6.30. The Morgan fingerprint density at radius 1 is 1.03 bits per heavy atom. The lowest BCUT2D eigenvalue weighted by Gasteiger charge is -2.11. The standard InChI is InChI=1S/C25H24ClNO3/c1-17-5-4-6-22(18(17)2)27-25(28)14-10-19-9-13-23(24(15-19)29-3)30-16-20-7-11-21(26)12-8-20/h4-15H,16H2,1-3H3,(H,27,28)/b14-10+. The van der Waals surface area contributed by atoms with E-state index < -0.39 is 0 Å². The van der Waals surface area contributed by atoms with Gasteiger partial charge in [0.2, 0.25) is 5.91 Å². The first kappa shape index (κ1) is 21.5. The summed E-state index contributed by atoms with van der Waals surface area (Å²) in [7, 11) is 1.59. The van der Waals surface area contributed by atoms with Crippen molar-refractivity contribution in [2.45, 2.75) is 20.5 Å². The Hall–Kier alpha value is -3.24. The number of rotatable bonds is 7. The second-order valence-corrected chi connectivity index (χ2v) is 7.33. The van der Waals surface area contributed by atoms with Crippen molar-refractivity contribution < 1.29 is 14.3 Å². The highest BCUT2D eigenvalue weighted by atomic mass is 35.5. The summed E-state index contributed by atoms with van der Waals surface area (Å²) in [6.45, 7) is 4.41. The Bertz CT molecular complexity index is 1060. The van der Waals surface area contributed by atoms with Gasteiger partial charge in [0.1, 0.15) is 6.61 Å². The average Bonchev–Trinajstić information content (AvgIpc) is 2.75. The zero-order chi connectivity index (χ0) is 21.5. The van der Waals surface area contributed by atoms with Crippen LogP contribution in [0.5, 0.6) is 11.5 Å². The number of anilines is 1. The number of methoxy groups -OCH3 is 1. The van der Waals surface area contributed by atoms with E-state index in [0.29, 0.717) is 23.1 Å². The van der Waals surface area contributed by atoms with Crippen molar-refractivity contribution in [3.8, 4) is 11.5 Å². The number of amides is 1. The molecule has 4 nitrogen and oxygen atoms in total. The fourth-order valence-electron chi connectivity index (χ4n) is 2.88. The van der Waals surface area contributed by atoms with E-state index in [2.05, 4.69) is 5.32 Å². The molecule has 0 saturated carbocycles. The fraction of sp³-hybridized carbons (Fsp3) is 0.160. The molecule has 3 rings (SSSR count). The molecule has 3 aromatic rings. The maximum Gasteiger partial charge on any atom is 0.248 e. The van der Waals surface area contributed by atoms with Gasteiger partial charge in [0.05, 0.1) is 7.11 Å². The molecule has 0 atom stereocenters. The minimum absolute atomic E-state index is 0.189. The highest BCUT2D eigenvalue weighted by Crippen LogP contribution is 2.29. The molecule has 0 fully saturated rings. The molecule has 0 aromatic heterocycles. The third-order valence-corrected chi connectivity index (χ3v) is 5.04. The van der Waals surface area contributed by atoms with Crippen LogP contribution in [-0.4, -0.2) is 13.0 Å². The molecular formula is C25H24ClNO3. The molecule has 3 aromatic carbocycles. The van der Waals surface area contributed by atoms with Crippen molar-refractivity contribution in [3.05, 3.63) is 94.0 Å². The normalized spacial score (nSPS) is 10.8. The number of carbonyl (C=O) groups is 1. The number of nitrogens with one attached hydrogen (secondary N) is 1. The lowest BCUT2D eigenvalue weighted by Crippen LogP contribution is -2.09. The summed E-state index contributed by atoms with van der Waals surface area (Å²) in [6, 6.07) is 18.9. The molecule has 0 aliphatic rings. The lowest BCUT2D eigenvalue weighted by atomic mass is 10.1. The zero-order valence-corrected chi connectivity index (χ0v) is 18.0. The Balaban J connectivity index is 1.65. The number of hydrogen-bond donors (Lipinski definition) is 1. The molecule has 0 bridgehead atoms. The van der Waals surface area contributed by atoms with Gasteiger partial charge in [-0.3, -0.25) is 4.79 Å². The fourth-order valence-corrected chi connectivity index (χ4v) is 3.01. The molecule has 0 aliphatic carbocycles. The van der Waals surface area contributed by atoms with Gasteiger partial charge < -0.3 is 14.8 Å². The monoisotopic (exact) mass is 421 g/mol. The predicted octanol–water partition coefficient (Wildman–Crippen LogP) is 6.20. The summed E-state index contributed by atoms with van der Waals surface area (Å²) < 4.78 is 11.3. The van der Waals surface area contributed by atoms with Crippen molar-refractivity contribution >= 4 is 29.3 Å². The highest BCUT2D eigenvalue weighted by Gasteiger charge is 2.07. The Morgan fingerprint density at radius 2 is 1.80 bits per heavy atom. The summed E-state index contributed by atoms with van der Waals surface area (Å²) in [6.07, 6.45) is 3.25. The molecule has 5 heteroatoms. The van der Waals surface area contributed by atoms with Crippen LogP contribution in [0, 0.1) is 13.8 Å². The third-order valence-electron chi connectivity index (χ3n) is 4.78. The predicted molar refractivity (Wildman–Crippen MR) is 122 cm³/mol. The molecule has 0 spiro atoms. The SMILES string of the molecule is COc1cc(/C=C/C(=O)Nc2cccc(C)c2C)ccc1OCc1ccc(Cl)cc1. The van der Waals surface area contributed by atoms with Crippen LogP contribution in [0.3, 0.4) is 0 Å². The van der Waals surface area contributed by atoms with Gasteiger partial charge in [-0.2, -0.15) is 0 Å². The van der Waals surface area contributed by atoms with Crippen LogP contribution in [0.25, 0.3) is 6.08 Å². The van der Waals surface area contributed by atoms with Crippen LogP contribution < -0.4 is 14.8 Å². The van der Waals surface area contributed by atoms with Crippen LogP contribution in [0.1, 0.15) is 22.3 Å². The van der Waals surface area contributed by atoms with Crippen molar-refractivity contribution in [1.82, 2.24) is 0 Å². The van der Waals surface area contributed by atoms with Gasteiger partial charge in [0, 0.05) is 16.8 Å². The van der Waals surface area contributed by atoms with E-state index in [9.17, 15) is 4.79 Å². The number of carbonyl (C=O) groups excluding carboxylic acids is 1. The summed E-state index contributed by atoms with van der Waals surface area (Å²) >= 11 is 5.91. The lowest BCUT2D eigenvalue weighted by molar-refractivity contribution is -0.111. The maximum absolute atomic E-state index is 12.3. The number of halogens is 1. The van der Waals surface area contributed by atoms with E-state index in [4.69, 9.17) is 21.1 Å². The first-order chi connectivity index (χ1) is 14.5. The number of benzene rings is 3. The Labute approximate surface area is 182 Å². The van der Waals surface area contributed by atoms with Gasteiger partial charge in [-0.25, -0.2) is 0 Å². The van der Waals surface area contributed by atoms with E-state index in [-0.39, 0.29) is 5.91 Å². The zero-order valence-electron chi connectivity index (χ0n) is 17.2. The van der Waals surface area contributed by atoms with Crippen LogP contribution >= 0.6 is 11.6 Å². The molecule has 0 unspecified atom stereocenters. The first-order valence-electron chi connectivity index (χ1n) is 9.57. The van der Waals surface area contributed by atoms with Crippen molar-refractivity contribution in [1.29, 1.82) is 0 Å². The first-order valence-corrected chi connectivity index (χ1v) is 9.94.